The average molecular weight is 278 g/mol. The van der Waals surface area contributed by atoms with E-state index in [0.717, 1.165) is 44.2 Å². The van der Waals surface area contributed by atoms with Crippen LogP contribution in [0.5, 0.6) is 0 Å². The molecule has 1 aromatic carbocycles. The number of hydrogen-bond donors (Lipinski definition) is 2. The molecule has 102 valence electrons. The molecule has 0 unspecified atom stereocenters. The van der Waals surface area contributed by atoms with E-state index in [2.05, 4.69) is 15.7 Å². The number of hydrogen-bond acceptors (Lipinski definition) is 3. The zero-order valence-corrected chi connectivity index (χ0v) is 11.4. The number of aryl methyl sites for hydroxylation is 2. The number of benzene rings is 1. The molecule has 5 nitrogen and oxygen atoms in total. The number of amides is 2. The molecule has 0 bridgehead atoms. The van der Waals surface area contributed by atoms with E-state index in [1.807, 2.05) is 0 Å². The first-order valence-electron chi connectivity index (χ1n) is 6.50. The summed E-state index contributed by atoms with van der Waals surface area (Å²) in [4.78, 5) is 11.7. The van der Waals surface area contributed by atoms with Gasteiger partial charge >= 0.3 is 6.03 Å². The lowest BCUT2D eigenvalue weighted by atomic mass is 9.99. The van der Waals surface area contributed by atoms with Crippen molar-refractivity contribution in [1.29, 1.82) is 0 Å². The van der Waals surface area contributed by atoms with Gasteiger partial charge in [-0.2, -0.15) is 0 Å². The van der Waals surface area contributed by atoms with E-state index in [0.29, 0.717) is 0 Å². The minimum Gasteiger partial charge on any atom is -0.430 e. The largest absolute Gasteiger partial charge is 0.430 e. The van der Waals surface area contributed by atoms with E-state index in [1.54, 1.807) is 0 Å². The quantitative estimate of drug-likeness (QED) is 0.772. The number of nitrogens with zero attached hydrogens (tertiary/aromatic N) is 1. The molecule has 0 radical (unpaired) electrons. The van der Waals surface area contributed by atoms with E-state index in [1.165, 1.54) is 22.3 Å². The average Bonchev–Trinajstić information content (AvgIpc) is 2.94. The molecule has 2 amide bonds. The predicted molar refractivity (Wildman–Crippen MR) is 74.2 cm³/mol. The Morgan fingerprint density at radius 3 is 2.26 bits per heavy atom. The Balaban J connectivity index is 2.03. The van der Waals surface area contributed by atoms with E-state index in [9.17, 15) is 9.00 Å². The number of carbonyl (C=O) groups excluding carboxylic acids is 1. The maximum Gasteiger partial charge on any atom is 0.323 e. The summed E-state index contributed by atoms with van der Waals surface area (Å²) < 4.78 is 14.1. The SMILES string of the molecule is N/[S-](=O)=N/C(=O)Nc1c2c(cc3c1CCC3)CCC2. The van der Waals surface area contributed by atoms with Gasteiger partial charge in [0.1, 0.15) is 0 Å². The molecule has 0 saturated carbocycles. The molecular formula is C13H16N3O2S-. The minimum atomic E-state index is -1.95. The summed E-state index contributed by atoms with van der Waals surface area (Å²) >= 11 is 0. The maximum absolute atomic E-state index is 11.7. The Kier molecular flexibility index (Phi) is 3.28. The van der Waals surface area contributed by atoms with Gasteiger partial charge in [-0.3, -0.25) is 0 Å². The molecule has 0 saturated heterocycles. The molecule has 19 heavy (non-hydrogen) atoms. The van der Waals surface area contributed by atoms with Crippen LogP contribution in [0.15, 0.2) is 10.4 Å². The van der Waals surface area contributed by atoms with Gasteiger partial charge in [0.05, 0.1) is 0 Å². The van der Waals surface area contributed by atoms with Crippen LogP contribution in [-0.4, -0.2) is 6.03 Å². The van der Waals surface area contributed by atoms with Crippen LogP contribution in [0.1, 0.15) is 35.1 Å². The van der Waals surface area contributed by atoms with Gasteiger partial charge in [-0.05, 0) is 60.8 Å². The summed E-state index contributed by atoms with van der Waals surface area (Å²) in [6, 6.07) is 1.67. The Morgan fingerprint density at radius 1 is 1.16 bits per heavy atom. The van der Waals surface area contributed by atoms with Crippen LogP contribution in [0.4, 0.5) is 10.5 Å². The van der Waals surface area contributed by atoms with Crippen molar-refractivity contribution in [3.05, 3.63) is 28.3 Å². The Bertz CT molecular complexity index is 601. The number of anilines is 1. The second-order valence-electron chi connectivity index (χ2n) is 5.03. The lowest BCUT2D eigenvalue weighted by molar-refractivity contribution is 0.260. The fraction of sp³-hybridized carbons (Fsp3) is 0.462. The lowest BCUT2D eigenvalue weighted by Gasteiger charge is -2.15. The van der Waals surface area contributed by atoms with Crippen molar-refractivity contribution in [1.82, 2.24) is 0 Å². The third-order valence-electron chi connectivity index (χ3n) is 3.88. The topological polar surface area (TPSA) is 84.6 Å². The molecule has 0 fully saturated rings. The van der Waals surface area contributed by atoms with Gasteiger partial charge < -0.3 is 19.0 Å². The monoisotopic (exact) mass is 278 g/mol. The number of fused-ring (bicyclic) bond motifs is 2. The Hall–Kier alpha value is -1.40. The highest BCUT2D eigenvalue weighted by atomic mass is 32.2. The lowest BCUT2D eigenvalue weighted by Crippen LogP contribution is -2.12. The minimum absolute atomic E-state index is 0.616. The van der Waals surface area contributed by atoms with E-state index in [-0.39, 0.29) is 0 Å². The molecule has 3 rings (SSSR count). The van der Waals surface area contributed by atoms with Crippen LogP contribution < -0.4 is 10.5 Å². The molecule has 2 aliphatic carbocycles. The molecule has 0 aromatic heterocycles. The highest BCUT2D eigenvalue weighted by Crippen LogP contribution is 2.38. The molecule has 0 spiro atoms. The van der Waals surface area contributed by atoms with Gasteiger partial charge in [-0.1, -0.05) is 6.07 Å². The van der Waals surface area contributed by atoms with E-state index in [4.69, 9.17) is 5.14 Å². The summed E-state index contributed by atoms with van der Waals surface area (Å²) in [5.74, 6) is 0. The highest BCUT2D eigenvalue weighted by Gasteiger charge is 2.24. The summed E-state index contributed by atoms with van der Waals surface area (Å²) in [5, 5.41) is 7.81. The first-order valence-corrected chi connectivity index (χ1v) is 7.67. The molecule has 3 N–H and O–H groups in total. The van der Waals surface area contributed by atoms with Gasteiger partial charge in [0, 0.05) is 5.69 Å². The molecule has 6 heteroatoms. The van der Waals surface area contributed by atoms with Crippen LogP contribution >= 0.6 is 0 Å². The number of rotatable bonds is 1. The highest BCUT2D eigenvalue weighted by molar-refractivity contribution is 7.72. The summed E-state index contributed by atoms with van der Waals surface area (Å²) in [6.45, 7) is 0. The van der Waals surface area contributed by atoms with Crippen LogP contribution in [0, 0.1) is 0 Å². The first-order chi connectivity index (χ1) is 9.15. The molecule has 0 heterocycles. The molecule has 0 atom stereocenters. The van der Waals surface area contributed by atoms with Crippen LogP contribution in [-0.2, 0) is 40.7 Å². The third-order valence-corrected chi connectivity index (χ3v) is 4.22. The fourth-order valence-corrected chi connectivity index (χ4v) is 3.39. The van der Waals surface area contributed by atoms with Crippen molar-refractivity contribution in [3.63, 3.8) is 0 Å². The number of urea groups is 1. The summed E-state index contributed by atoms with van der Waals surface area (Å²) in [7, 11) is -1.95. The van der Waals surface area contributed by atoms with Crippen molar-refractivity contribution >= 4 is 22.5 Å². The van der Waals surface area contributed by atoms with Gasteiger partial charge in [0.25, 0.3) is 0 Å². The van der Waals surface area contributed by atoms with Crippen molar-refractivity contribution < 1.29 is 9.00 Å². The Labute approximate surface area is 113 Å². The second-order valence-corrected chi connectivity index (χ2v) is 5.77. The third kappa shape index (κ3) is 2.37. The Morgan fingerprint density at radius 2 is 1.74 bits per heavy atom. The normalized spacial score (nSPS) is 18.2. The number of carbonyl (C=O) groups is 1. The molecule has 2 aliphatic rings. The van der Waals surface area contributed by atoms with Gasteiger partial charge in [0.2, 0.25) is 0 Å². The van der Waals surface area contributed by atoms with Gasteiger partial charge in [-0.25, -0.2) is 4.79 Å². The summed E-state index contributed by atoms with van der Waals surface area (Å²) in [5.41, 5.74) is 6.04. The summed E-state index contributed by atoms with van der Waals surface area (Å²) in [6.07, 6.45) is 6.38. The predicted octanol–water partition coefficient (Wildman–Crippen LogP) is 2.22. The standard InChI is InChI=1S/C13H16N3O2S/c14-19(18)16-13(17)15-12-10-5-1-3-8(10)7-9-4-2-6-11(9)12/h7H,1-6H2,(H3,14,15,16,17,18)/q-1. The second kappa shape index (κ2) is 4.94. The van der Waals surface area contributed by atoms with Gasteiger partial charge in [0.15, 0.2) is 0 Å². The van der Waals surface area contributed by atoms with E-state index < -0.39 is 16.8 Å². The van der Waals surface area contributed by atoms with Crippen LogP contribution in [0.2, 0.25) is 0 Å². The first kappa shape index (κ1) is 12.6. The smallest absolute Gasteiger partial charge is 0.323 e. The zero-order valence-electron chi connectivity index (χ0n) is 10.6. The van der Waals surface area contributed by atoms with Crippen molar-refractivity contribution in [2.24, 2.45) is 9.50 Å². The zero-order chi connectivity index (χ0) is 13.4. The van der Waals surface area contributed by atoms with Crippen molar-refractivity contribution in [2.75, 3.05) is 5.32 Å². The number of nitrogens with one attached hydrogen (secondary N) is 1. The van der Waals surface area contributed by atoms with E-state index >= 15 is 0 Å². The van der Waals surface area contributed by atoms with Crippen LogP contribution in [0.3, 0.4) is 0 Å². The fourth-order valence-electron chi connectivity index (χ4n) is 3.18. The molecular weight excluding hydrogens is 262 g/mol. The maximum atomic E-state index is 11.7. The molecule has 0 aliphatic heterocycles. The number of nitrogens with two attached hydrogens (primary N) is 1. The molecule has 1 aromatic rings. The van der Waals surface area contributed by atoms with Gasteiger partial charge in [-0.15, -0.1) is 10.8 Å². The van der Waals surface area contributed by atoms with Crippen molar-refractivity contribution in [2.45, 2.75) is 38.5 Å². The van der Waals surface area contributed by atoms with Crippen molar-refractivity contribution in [3.8, 4) is 0 Å². The van der Waals surface area contributed by atoms with Crippen LogP contribution in [0.25, 0.3) is 0 Å².